The quantitative estimate of drug-likeness (QED) is 0.574. The molecule has 0 heterocycles. The first-order chi connectivity index (χ1) is 7.31. The zero-order valence-corrected chi connectivity index (χ0v) is 10.6. The molecule has 1 unspecified atom stereocenters. The van der Waals surface area contributed by atoms with Gasteiger partial charge in [0, 0.05) is 13.1 Å². The van der Waals surface area contributed by atoms with E-state index in [9.17, 15) is 9.59 Å². The molecule has 0 aliphatic carbocycles. The first-order valence-electron chi connectivity index (χ1n) is 5.62. The molecule has 0 spiro atoms. The van der Waals surface area contributed by atoms with Crippen LogP contribution >= 0.6 is 0 Å². The number of carbonyl (C=O) groups is 2. The molecule has 5 heteroatoms. The number of rotatable bonds is 7. The van der Waals surface area contributed by atoms with Crippen molar-refractivity contribution in [2.45, 2.75) is 40.2 Å². The fraction of sp³-hybridized carbons (Fsp3) is 0.818. The van der Waals surface area contributed by atoms with Crippen LogP contribution in [0.5, 0.6) is 0 Å². The summed E-state index contributed by atoms with van der Waals surface area (Å²) in [6.45, 7) is 8.32. The van der Waals surface area contributed by atoms with Crippen molar-refractivity contribution in [1.29, 1.82) is 0 Å². The van der Waals surface area contributed by atoms with Crippen LogP contribution < -0.4 is 16.4 Å². The lowest BCUT2D eigenvalue weighted by molar-refractivity contribution is -0.127. The van der Waals surface area contributed by atoms with Gasteiger partial charge >= 0.3 is 0 Å². The van der Waals surface area contributed by atoms with Crippen LogP contribution in [0.25, 0.3) is 0 Å². The van der Waals surface area contributed by atoms with E-state index in [0.29, 0.717) is 13.1 Å². The van der Waals surface area contributed by atoms with E-state index >= 15 is 0 Å². The number of nitrogens with two attached hydrogens (primary N) is 1. The molecule has 16 heavy (non-hydrogen) atoms. The van der Waals surface area contributed by atoms with Gasteiger partial charge in [0.05, 0.1) is 11.5 Å². The fourth-order valence-electron chi connectivity index (χ4n) is 0.989. The smallest absolute Gasteiger partial charge is 0.236 e. The number of amides is 2. The van der Waals surface area contributed by atoms with Gasteiger partial charge in [0.25, 0.3) is 0 Å². The molecule has 0 saturated carbocycles. The number of primary amides is 1. The molecule has 94 valence electrons. The van der Waals surface area contributed by atoms with Crippen LogP contribution in [0, 0.1) is 5.41 Å². The van der Waals surface area contributed by atoms with Crippen LogP contribution in [-0.2, 0) is 9.59 Å². The zero-order chi connectivity index (χ0) is 12.8. The minimum absolute atomic E-state index is 0.0536. The molecule has 0 saturated heterocycles. The maximum Gasteiger partial charge on any atom is 0.236 e. The van der Waals surface area contributed by atoms with E-state index < -0.39 is 5.41 Å². The van der Waals surface area contributed by atoms with Gasteiger partial charge in [0.2, 0.25) is 11.8 Å². The molecule has 2 amide bonds. The van der Waals surface area contributed by atoms with Crippen molar-refractivity contribution in [1.82, 2.24) is 10.6 Å². The number of hydrogen-bond acceptors (Lipinski definition) is 3. The third-order valence-corrected chi connectivity index (χ3v) is 2.46. The van der Waals surface area contributed by atoms with Gasteiger partial charge in [-0.1, -0.05) is 6.92 Å². The summed E-state index contributed by atoms with van der Waals surface area (Å²) in [5.41, 5.74) is 4.59. The molecule has 0 aromatic carbocycles. The second-order valence-electron chi connectivity index (χ2n) is 4.64. The molecule has 1 atom stereocenters. The zero-order valence-electron chi connectivity index (χ0n) is 10.6. The van der Waals surface area contributed by atoms with Gasteiger partial charge in [-0.25, -0.2) is 0 Å². The Bertz CT molecular complexity index is 252. The van der Waals surface area contributed by atoms with Gasteiger partial charge < -0.3 is 16.4 Å². The van der Waals surface area contributed by atoms with Gasteiger partial charge in [0.1, 0.15) is 0 Å². The van der Waals surface area contributed by atoms with E-state index in [2.05, 4.69) is 10.6 Å². The third-order valence-electron chi connectivity index (χ3n) is 2.46. The maximum absolute atomic E-state index is 11.5. The number of hydrogen-bond donors (Lipinski definition) is 3. The molecule has 0 aliphatic rings. The minimum Gasteiger partial charge on any atom is -0.369 e. The standard InChI is InChI=1S/C11H23N3O2/c1-5-6-13-9(15)8(2)14-7-11(3,4)10(12)16/h8,14H,5-7H2,1-4H3,(H2,12,16)(H,13,15). The summed E-state index contributed by atoms with van der Waals surface area (Å²) in [5.74, 6) is -0.428. The van der Waals surface area contributed by atoms with Crippen molar-refractivity contribution in [3.63, 3.8) is 0 Å². The first-order valence-corrected chi connectivity index (χ1v) is 5.62. The summed E-state index contributed by atoms with van der Waals surface area (Å²) in [5, 5.41) is 5.78. The van der Waals surface area contributed by atoms with Gasteiger partial charge in [-0.15, -0.1) is 0 Å². The third kappa shape index (κ3) is 5.11. The van der Waals surface area contributed by atoms with Crippen LogP contribution in [0.4, 0.5) is 0 Å². The Morgan fingerprint density at radius 3 is 2.38 bits per heavy atom. The van der Waals surface area contributed by atoms with Crippen molar-refractivity contribution in [2.75, 3.05) is 13.1 Å². The summed E-state index contributed by atoms with van der Waals surface area (Å²) < 4.78 is 0. The molecule has 0 aliphatic heterocycles. The second kappa shape index (κ2) is 6.48. The van der Waals surface area contributed by atoms with E-state index in [0.717, 1.165) is 6.42 Å². The Kier molecular flexibility index (Phi) is 6.03. The van der Waals surface area contributed by atoms with Crippen molar-refractivity contribution in [2.24, 2.45) is 11.1 Å². The van der Waals surface area contributed by atoms with Gasteiger partial charge in [-0.05, 0) is 27.2 Å². The van der Waals surface area contributed by atoms with Crippen molar-refractivity contribution in [3.8, 4) is 0 Å². The monoisotopic (exact) mass is 229 g/mol. The summed E-state index contributed by atoms with van der Waals surface area (Å²) in [7, 11) is 0. The van der Waals surface area contributed by atoms with Gasteiger partial charge in [-0.3, -0.25) is 9.59 Å². The van der Waals surface area contributed by atoms with Crippen LogP contribution in [-0.4, -0.2) is 30.9 Å². The lowest BCUT2D eigenvalue weighted by Gasteiger charge is -2.23. The van der Waals surface area contributed by atoms with E-state index in [1.165, 1.54) is 0 Å². The Labute approximate surface area is 97.2 Å². The second-order valence-corrected chi connectivity index (χ2v) is 4.64. The maximum atomic E-state index is 11.5. The molecular formula is C11H23N3O2. The predicted molar refractivity (Wildman–Crippen MR) is 63.7 cm³/mol. The highest BCUT2D eigenvalue weighted by atomic mass is 16.2. The Morgan fingerprint density at radius 1 is 1.38 bits per heavy atom. The molecule has 0 fully saturated rings. The molecule has 0 aromatic heterocycles. The summed E-state index contributed by atoms with van der Waals surface area (Å²) in [6.07, 6.45) is 0.908. The molecular weight excluding hydrogens is 206 g/mol. The van der Waals surface area contributed by atoms with E-state index in [1.807, 2.05) is 6.92 Å². The van der Waals surface area contributed by atoms with E-state index in [1.54, 1.807) is 20.8 Å². The Balaban J connectivity index is 4.02. The topological polar surface area (TPSA) is 84.2 Å². The summed E-state index contributed by atoms with van der Waals surface area (Å²) in [6, 6.07) is -0.315. The highest BCUT2D eigenvalue weighted by Gasteiger charge is 2.26. The molecule has 4 N–H and O–H groups in total. The van der Waals surface area contributed by atoms with Crippen molar-refractivity contribution < 1.29 is 9.59 Å². The molecule has 0 aromatic rings. The van der Waals surface area contributed by atoms with Crippen LogP contribution in [0.3, 0.4) is 0 Å². The van der Waals surface area contributed by atoms with E-state index in [4.69, 9.17) is 5.73 Å². The lowest BCUT2D eigenvalue weighted by Crippen LogP contribution is -2.48. The number of nitrogens with one attached hydrogen (secondary N) is 2. The number of carbonyl (C=O) groups excluding carboxylic acids is 2. The van der Waals surface area contributed by atoms with Crippen molar-refractivity contribution >= 4 is 11.8 Å². The largest absolute Gasteiger partial charge is 0.369 e. The Hall–Kier alpha value is -1.10. The Morgan fingerprint density at radius 2 is 1.94 bits per heavy atom. The van der Waals surface area contributed by atoms with Crippen LogP contribution in [0.15, 0.2) is 0 Å². The fourth-order valence-corrected chi connectivity index (χ4v) is 0.989. The normalized spacial score (nSPS) is 13.2. The van der Waals surface area contributed by atoms with Gasteiger partial charge in [-0.2, -0.15) is 0 Å². The molecule has 0 bridgehead atoms. The van der Waals surface area contributed by atoms with Gasteiger partial charge in [0.15, 0.2) is 0 Å². The summed E-state index contributed by atoms with van der Waals surface area (Å²) >= 11 is 0. The van der Waals surface area contributed by atoms with Crippen LogP contribution in [0.1, 0.15) is 34.1 Å². The average Bonchev–Trinajstić information content (AvgIpc) is 2.22. The SMILES string of the molecule is CCCNC(=O)C(C)NCC(C)(C)C(N)=O. The summed E-state index contributed by atoms with van der Waals surface area (Å²) in [4.78, 5) is 22.6. The highest BCUT2D eigenvalue weighted by molar-refractivity contribution is 5.82. The predicted octanol–water partition coefficient (Wildman–Crippen LogP) is 0.00220. The first kappa shape index (κ1) is 14.9. The van der Waals surface area contributed by atoms with E-state index in [-0.39, 0.29) is 17.9 Å². The molecule has 0 radical (unpaired) electrons. The lowest BCUT2D eigenvalue weighted by atomic mass is 9.92. The van der Waals surface area contributed by atoms with Crippen molar-refractivity contribution in [3.05, 3.63) is 0 Å². The minimum atomic E-state index is -0.640. The van der Waals surface area contributed by atoms with Crippen LogP contribution in [0.2, 0.25) is 0 Å². The molecule has 0 rings (SSSR count). The highest BCUT2D eigenvalue weighted by Crippen LogP contribution is 2.12. The molecule has 5 nitrogen and oxygen atoms in total. The average molecular weight is 229 g/mol.